The van der Waals surface area contributed by atoms with Crippen LogP contribution >= 0.6 is 0 Å². The van der Waals surface area contributed by atoms with Gasteiger partial charge in [-0.25, -0.2) is 9.78 Å². The molecule has 6 N–H and O–H groups in total. The zero-order valence-corrected chi connectivity index (χ0v) is 27.8. The van der Waals surface area contributed by atoms with Crippen LogP contribution in [0.25, 0.3) is 11.3 Å². The first-order valence-corrected chi connectivity index (χ1v) is 15.4. The summed E-state index contributed by atoms with van der Waals surface area (Å²) >= 11 is 0. The van der Waals surface area contributed by atoms with Crippen LogP contribution in [0.5, 0.6) is 5.75 Å². The molecular weight excluding hydrogens is 598 g/mol. The Bertz CT molecular complexity index is 1660. The van der Waals surface area contributed by atoms with E-state index in [1.165, 1.54) is 13.2 Å². The second-order valence-electron chi connectivity index (χ2n) is 11.5. The molecular formula is C36H45N5O6. The number of amides is 2. The molecule has 1 aromatic heterocycles. The molecule has 3 aromatic carbocycles. The van der Waals surface area contributed by atoms with Crippen molar-refractivity contribution in [3.63, 3.8) is 0 Å². The molecule has 0 radical (unpaired) electrons. The number of rotatable bonds is 12. The van der Waals surface area contributed by atoms with Gasteiger partial charge in [0.15, 0.2) is 0 Å². The number of methoxy groups -OCH3 is 1. The van der Waals surface area contributed by atoms with Crippen LogP contribution < -0.4 is 16.2 Å². The number of ether oxygens (including phenoxy) is 1. The lowest BCUT2D eigenvalue weighted by atomic mass is 9.93. The average Bonchev–Trinajstić information content (AvgIpc) is 3.55. The quantitative estimate of drug-likeness (QED) is 0.169. The number of carboxylic acids is 1. The minimum atomic E-state index is -1.14. The summed E-state index contributed by atoms with van der Waals surface area (Å²) in [6, 6.07) is 17.0. The number of nitrogens with two attached hydrogens (primary N) is 2. The molecule has 0 aliphatic rings. The number of aliphatic hydroxyl groups excluding tert-OH is 1. The lowest BCUT2D eigenvalue weighted by molar-refractivity contribution is -0.137. The van der Waals surface area contributed by atoms with Crippen molar-refractivity contribution >= 4 is 17.8 Å². The Labute approximate surface area is 275 Å². The third-order valence-corrected chi connectivity index (χ3v) is 8.00. The minimum Gasteiger partial charge on any atom is -0.496 e. The summed E-state index contributed by atoms with van der Waals surface area (Å²) in [5.41, 5.74) is 17.2. The second-order valence-corrected chi connectivity index (χ2v) is 11.5. The van der Waals surface area contributed by atoms with Gasteiger partial charge in [0, 0.05) is 23.9 Å². The summed E-state index contributed by atoms with van der Waals surface area (Å²) in [4.78, 5) is 43.7. The predicted octanol–water partition coefficient (Wildman–Crippen LogP) is 4.87. The Morgan fingerprint density at radius 2 is 1.64 bits per heavy atom. The van der Waals surface area contributed by atoms with Crippen LogP contribution in [0.15, 0.2) is 73.2 Å². The number of imidazole rings is 1. The van der Waals surface area contributed by atoms with Crippen molar-refractivity contribution in [1.82, 2.24) is 14.5 Å². The van der Waals surface area contributed by atoms with Crippen LogP contribution in [0.1, 0.15) is 76.3 Å². The molecule has 3 atom stereocenters. The summed E-state index contributed by atoms with van der Waals surface area (Å²) < 4.78 is 7.03. The number of aryl methyl sites for hydroxylation is 2. The maximum absolute atomic E-state index is 14.0. The van der Waals surface area contributed by atoms with E-state index in [0.29, 0.717) is 11.1 Å². The number of benzene rings is 3. The number of hydrogen-bond acceptors (Lipinski definition) is 7. The number of carbonyl (C=O) groups is 3. The Balaban J connectivity index is 0.00000111. The number of nitrogens with zero attached hydrogens (tertiary/aromatic N) is 3. The molecule has 0 saturated heterocycles. The molecule has 11 heteroatoms. The fourth-order valence-corrected chi connectivity index (χ4v) is 5.05. The molecule has 4 aromatic rings. The molecule has 4 rings (SSSR count). The third-order valence-electron chi connectivity index (χ3n) is 8.00. The lowest BCUT2D eigenvalue weighted by Crippen LogP contribution is -2.47. The highest BCUT2D eigenvalue weighted by Gasteiger charge is 2.28. The second kappa shape index (κ2) is 16.5. The van der Waals surface area contributed by atoms with E-state index in [1.54, 1.807) is 42.4 Å². The number of aromatic carboxylic acids is 1. The first kappa shape index (κ1) is 36.5. The molecule has 250 valence electrons. The van der Waals surface area contributed by atoms with Gasteiger partial charge in [0.25, 0.3) is 0 Å². The maximum Gasteiger partial charge on any atom is 0.339 e. The Morgan fingerprint density at radius 1 is 1.02 bits per heavy atom. The van der Waals surface area contributed by atoms with E-state index in [4.69, 9.17) is 21.3 Å². The van der Waals surface area contributed by atoms with Crippen LogP contribution in [0.4, 0.5) is 0 Å². The maximum atomic E-state index is 14.0. The molecule has 0 saturated carbocycles. The van der Waals surface area contributed by atoms with Gasteiger partial charge in [-0.2, -0.15) is 0 Å². The van der Waals surface area contributed by atoms with Crippen LogP contribution in [-0.4, -0.2) is 61.7 Å². The Hall–Kier alpha value is -5.00. The molecule has 0 fully saturated rings. The first-order valence-electron chi connectivity index (χ1n) is 15.4. The van der Waals surface area contributed by atoms with Gasteiger partial charge in [0.05, 0.1) is 31.3 Å². The number of carboxylic acid groups (broad SMARTS) is 1. The molecule has 0 bridgehead atoms. The van der Waals surface area contributed by atoms with E-state index in [-0.39, 0.29) is 36.3 Å². The van der Waals surface area contributed by atoms with Gasteiger partial charge in [-0.15, -0.1) is 0 Å². The van der Waals surface area contributed by atoms with Crippen molar-refractivity contribution in [3.05, 3.63) is 107 Å². The van der Waals surface area contributed by atoms with Crippen molar-refractivity contribution in [2.45, 2.75) is 72.3 Å². The third kappa shape index (κ3) is 9.50. The molecule has 11 nitrogen and oxygen atoms in total. The van der Waals surface area contributed by atoms with E-state index < -0.39 is 24.1 Å². The zero-order valence-electron chi connectivity index (χ0n) is 27.8. The van der Waals surface area contributed by atoms with Crippen molar-refractivity contribution < 1.29 is 29.3 Å². The minimum absolute atomic E-state index is 0.00543. The van der Waals surface area contributed by atoms with Crippen molar-refractivity contribution in [1.29, 1.82) is 0 Å². The summed E-state index contributed by atoms with van der Waals surface area (Å²) in [5, 5.41) is 18.1. The predicted molar refractivity (Wildman–Crippen MR) is 181 cm³/mol. The summed E-state index contributed by atoms with van der Waals surface area (Å²) in [6.45, 7) is 9.39. The number of aliphatic hydroxyl groups is 1. The largest absolute Gasteiger partial charge is 0.496 e. The smallest absolute Gasteiger partial charge is 0.339 e. The van der Waals surface area contributed by atoms with E-state index in [9.17, 15) is 19.5 Å². The fourth-order valence-electron chi connectivity index (χ4n) is 5.05. The number of primary amides is 1. The topological polar surface area (TPSA) is 174 Å². The highest BCUT2D eigenvalue weighted by molar-refractivity contribution is 5.93. The van der Waals surface area contributed by atoms with Gasteiger partial charge >= 0.3 is 5.97 Å². The van der Waals surface area contributed by atoms with Crippen LogP contribution in [-0.2, 0) is 17.8 Å². The molecule has 2 amide bonds. The van der Waals surface area contributed by atoms with Gasteiger partial charge in [0.2, 0.25) is 11.8 Å². The SMILES string of the molecule is CCC(C)O.COc1ccc(CN(C(=O)[C@@H](N)Cc2c(C)cc(C(N)=O)cc2C)[C@@H](C)n2cnc(-c3ccccc3)c2)cc1C(=O)O. The summed E-state index contributed by atoms with van der Waals surface area (Å²) in [5.74, 6) is -1.77. The standard InChI is InChI=1S/C32H35N5O5.C4H10O/c1-19-12-24(30(34)38)13-20(2)25(19)15-27(33)31(39)37(16-22-10-11-29(42-4)26(14-22)32(40)41)21(3)36-17-28(35-18-36)23-8-6-5-7-9-23;1-3-4(2)5/h5-14,17-18,21,27H,15-16,33H2,1-4H3,(H2,34,38)(H,40,41);4-5H,3H2,1-2H3/t21-,27-;/m0./s1. The van der Waals surface area contributed by atoms with Crippen molar-refractivity contribution in [3.8, 4) is 17.0 Å². The monoisotopic (exact) mass is 643 g/mol. The highest BCUT2D eigenvalue weighted by Crippen LogP contribution is 2.26. The first-order chi connectivity index (χ1) is 22.3. The van der Waals surface area contributed by atoms with Gasteiger partial charge in [-0.3, -0.25) is 9.59 Å². The number of aromatic nitrogens is 2. The number of hydrogen-bond donors (Lipinski definition) is 4. The number of carbonyl (C=O) groups excluding carboxylic acids is 2. The van der Waals surface area contributed by atoms with Crippen molar-refractivity contribution in [2.24, 2.45) is 11.5 Å². The van der Waals surface area contributed by atoms with Crippen LogP contribution in [0.3, 0.4) is 0 Å². The van der Waals surface area contributed by atoms with Gasteiger partial charge in [-0.1, -0.05) is 43.3 Å². The van der Waals surface area contributed by atoms with E-state index in [1.807, 2.05) is 68.8 Å². The zero-order chi connectivity index (χ0) is 34.8. The Morgan fingerprint density at radius 3 is 2.17 bits per heavy atom. The van der Waals surface area contributed by atoms with Gasteiger partial charge in [-0.05, 0) is 87.1 Å². The van der Waals surface area contributed by atoms with E-state index in [2.05, 4.69) is 4.98 Å². The fraction of sp³-hybridized carbons (Fsp3) is 0.333. The molecule has 0 aliphatic heterocycles. The molecule has 0 aliphatic carbocycles. The average molecular weight is 644 g/mol. The van der Waals surface area contributed by atoms with Crippen LogP contribution in [0.2, 0.25) is 0 Å². The highest BCUT2D eigenvalue weighted by atomic mass is 16.5. The molecule has 47 heavy (non-hydrogen) atoms. The normalized spacial score (nSPS) is 12.7. The van der Waals surface area contributed by atoms with E-state index >= 15 is 0 Å². The molecule has 1 heterocycles. The summed E-state index contributed by atoms with van der Waals surface area (Å²) in [7, 11) is 1.40. The molecule has 1 unspecified atom stereocenters. The lowest BCUT2D eigenvalue weighted by Gasteiger charge is -2.32. The summed E-state index contributed by atoms with van der Waals surface area (Å²) in [6.07, 6.45) is 3.99. The van der Waals surface area contributed by atoms with Crippen molar-refractivity contribution in [2.75, 3.05) is 7.11 Å². The van der Waals surface area contributed by atoms with Gasteiger partial charge in [0.1, 0.15) is 17.5 Å². The van der Waals surface area contributed by atoms with E-state index in [0.717, 1.165) is 34.4 Å². The van der Waals surface area contributed by atoms with Gasteiger partial charge < -0.3 is 35.9 Å². The van der Waals surface area contributed by atoms with Crippen LogP contribution in [0, 0.1) is 13.8 Å². The Kier molecular flexibility index (Phi) is 12.8. The molecule has 0 spiro atoms.